The average Bonchev–Trinajstić information content (AvgIpc) is 2.81. The third-order valence-corrected chi connectivity index (χ3v) is 5.45. The molecule has 1 atom stereocenters. The van der Waals surface area contributed by atoms with Crippen LogP contribution in [0.2, 0.25) is 0 Å². The normalized spacial score (nSPS) is 26.0. The van der Waals surface area contributed by atoms with Crippen LogP contribution >= 0.6 is 0 Å². The molecule has 8 heteroatoms. The minimum atomic E-state index is -3.00. The van der Waals surface area contributed by atoms with Crippen LogP contribution in [0.4, 0.5) is 5.82 Å². The van der Waals surface area contributed by atoms with Gasteiger partial charge in [0.2, 0.25) is 0 Å². The van der Waals surface area contributed by atoms with Gasteiger partial charge in [-0.2, -0.15) is 5.10 Å². The fourth-order valence-electron chi connectivity index (χ4n) is 2.60. The van der Waals surface area contributed by atoms with Crippen molar-refractivity contribution in [1.82, 2.24) is 19.7 Å². The Morgan fingerprint density at radius 3 is 2.79 bits per heavy atom. The van der Waals surface area contributed by atoms with Crippen LogP contribution in [-0.4, -0.2) is 39.7 Å². The highest BCUT2D eigenvalue weighted by molar-refractivity contribution is 7.91. The van der Waals surface area contributed by atoms with Crippen molar-refractivity contribution < 1.29 is 8.42 Å². The summed E-state index contributed by atoms with van der Waals surface area (Å²) in [7, 11) is -3.00. The third-order valence-electron chi connectivity index (χ3n) is 3.56. The maximum atomic E-state index is 11.7. The van der Waals surface area contributed by atoms with Gasteiger partial charge >= 0.3 is 0 Å². The number of aromatic nitrogens is 4. The molecular formula is C11H15N5O2S. The maximum absolute atomic E-state index is 11.7. The van der Waals surface area contributed by atoms with E-state index in [1.54, 1.807) is 17.8 Å². The highest BCUT2D eigenvalue weighted by atomic mass is 32.2. The van der Waals surface area contributed by atoms with Crippen LogP contribution < -0.4 is 5.73 Å². The largest absolute Gasteiger partial charge is 0.383 e. The van der Waals surface area contributed by atoms with Gasteiger partial charge in [0.15, 0.2) is 15.5 Å². The van der Waals surface area contributed by atoms with Crippen LogP contribution in [0, 0.1) is 6.92 Å². The number of nitrogen functional groups attached to an aromatic ring is 1. The molecule has 19 heavy (non-hydrogen) atoms. The molecule has 1 aliphatic rings. The molecule has 7 nitrogen and oxygen atoms in total. The molecule has 102 valence electrons. The first-order valence-corrected chi connectivity index (χ1v) is 7.82. The lowest BCUT2D eigenvalue weighted by Crippen LogP contribution is -2.32. The van der Waals surface area contributed by atoms with Crippen LogP contribution in [0.3, 0.4) is 0 Å². The van der Waals surface area contributed by atoms with E-state index >= 15 is 0 Å². The Morgan fingerprint density at radius 2 is 2.16 bits per heavy atom. The molecule has 1 aliphatic heterocycles. The van der Waals surface area contributed by atoms with Gasteiger partial charge in [0.05, 0.1) is 28.6 Å². The molecule has 3 rings (SSSR count). The summed E-state index contributed by atoms with van der Waals surface area (Å²) < 4.78 is 25.1. The lowest BCUT2D eigenvalue weighted by Gasteiger charge is -2.23. The molecule has 2 N–H and O–H groups in total. The van der Waals surface area contributed by atoms with Crippen molar-refractivity contribution in [2.75, 3.05) is 17.2 Å². The number of hydrogen-bond acceptors (Lipinski definition) is 6. The van der Waals surface area contributed by atoms with Gasteiger partial charge in [0.25, 0.3) is 0 Å². The van der Waals surface area contributed by atoms with Crippen LogP contribution in [0.15, 0.2) is 6.20 Å². The van der Waals surface area contributed by atoms with Gasteiger partial charge in [0.1, 0.15) is 11.6 Å². The van der Waals surface area contributed by atoms with Gasteiger partial charge in [0, 0.05) is 0 Å². The zero-order chi connectivity index (χ0) is 13.8. The predicted molar refractivity (Wildman–Crippen MR) is 71.4 cm³/mol. The van der Waals surface area contributed by atoms with Crippen LogP contribution in [0.1, 0.15) is 19.2 Å². The Balaban J connectivity index is 2.22. The van der Waals surface area contributed by atoms with Gasteiger partial charge < -0.3 is 5.73 Å². The molecular weight excluding hydrogens is 266 g/mol. The number of nitrogens with two attached hydrogens (primary N) is 1. The fourth-order valence-corrected chi connectivity index (χ4v) is 4.71. The second kappa shape index (κ2) is 3.66. The molecule has 0 radical (unpaired) electrons. The molecule has 1 unspecified atom stereocenters. The van der Waals surface area contributed by atoms with Gasteiger partial charge in [-0.15, -0.1) is 0 Å². The van der Waals surface area contributed by atoms with E-state index in [0.29, 0.717) is 29.1 Å². The second-order valence-corrected chi connectivity index (χ2v) is 7.47. The van der Waals surface area contributed by atoms with E-state index in [1.807, 2.05) is 6.92 Å². The summed E-state index contributed by atoms with van der Waals surface area (Å²) in [4.78, 5) is 8.44. The van der Waals surface area contributed by atoms with Crippen LogP contribution in [0.25, 0.3) is 11.0 Å². The van der Waals surface area contributed by atoms with Crippen molar-refractivity contribution in [3.8, 4) is 0 Å². The van der Waals surface area contributed by atoms with E-state index in [4.69, 9.17) is 5.73 Å². The topological polar surface area (TPSA) is 104 Å². The van der Waals surface area contributed by atoms with E-state index in [2.05, 4.69) is 15.1 Å². The zero-order valence-electron chi connectivity index (χ0n) is 10.8. The summed E-state index contributed by atoms with van der Waals surface area (Å²) in [5.41, 5.74) is 5.88. The number of rotatable bonds is 1. The molecule has 1 fully saturated rings. The lowest BCUT2D eigenvalue weighted by molar-refractivity contribution is 0.338. The summed E-state index contributed by atoms with van der Waals surface area (Å²) in [6, 6.07) is 0. The Kier molecular flexibility index (Phi) is 2.38. The highest BCUT2D eigenvalue weighted by Gasteiger charge is 2.41. The fraction of sp³-hybridized carbons (Fsp3) is 0.545. The Bertz CT molecular complexity index is 767. The standard InChI is InChI=1S/C11H15N5O2S/c1-7-14-9(12)8-5-13-16(10(8)15-7)11(2)3-4-19(17,18)6-11/h5H,3-4,6H2,1-2H3,(H2,12,14,15). The van der Waals surface area contributed by atoms with Crippen molar-refractivity contribution in [1.29, 1.82) is 0 Å². The van der Waals surface area contributed by atoms with E-state index in [-0.39, 0.29) is 11.5 Å². The summed E-state index contributed by atoms with van der Waals surface area (Å²) >= 11 is 0. The molecule has 0 saturated carbocycles. The average molecular weight is 281 g/mol. The number of anilines is 1. The first-order valence-electron chi connectivity index (χ1n) is 5.99. The van der Waals surface area contributed by atoms with Crippen LogP contribution in [-0.2, 0) is 15.4 Å². The van der Waals surface area contributed by atoms with Crippen molar-refractivity contribution >= 4 is 26.7 Å². The van der Waals surface area contributed by atoms with Gasteiger partial charge in [-0.1, -0.05) is 0 Å². The second-order valence-electron chi connectivity index (χ2n) is 5.29. The van der Waals surface area contributed by atoms with Crippen molar-refractivity contribution in [3.05, 3.63) is 12.0 Å². The summed E-state index contributed by atoms with van der Waals surface area (Å²) in [5.74, 6) is 1.19. The summed E-state index contributed by atoms with van der Waals surface area (Å²) in [5, 5.41) is 4.95. The van der Waals surface area contributed by atoms with E-state index < -0.39 is 15.4 Å². The summed E-state index contributed by atoms with van der Waals surface area (Å²) in [6.45, 7) is 3.64. The molecule has 1 saturated heterocycles. The molecule has 0 spiro atoms. The summed E-state index contributed by atoms with van der Waals surface area (Å²) in [6.07, 6.45) is 2.13. The van der Waals surface area contributed by atoms with Crippen molar-refractivity contribution in [2.24, 2.45) is 0 Å². The molecule has 2 aromatic rings. The quantitative estimate of drug-likeness (QED) is 0.803. The minimum Gasteiger partial charge on any atom is -0.383 e. The molecule has 0 bridgehead atoms. The van der Waals surface area contributed by atoms with Crippen molar-refractivity contribution in [3.63, 3.8) is 0 Å². The minimum absolute atomic E-state index is 0.0831. The van der Waals surface area contributed by atoms with Crippen LogP contribution in [0.5, 0.6) is 0 Å². The van der Waals surface area contributed by atoms with Gasteiger partial charge in [-0.25, -0.2) is 23.1 Å². The number of sulfone groups is 1. The number of nitrogens with zero attached hydrogens (tertiary/aromatic N) is 4. The first kappa shape index (κ1) is 12.3. The predicted octanol–water partition coefficient (Wildman–Crippen LogP) is 0.251. The Labute approximate surface area is 110 Å². The van der Waals surface area contributed by atoms with Gasteiger partial charge in [-0.05, 0) is 20.3 Å². The number of hydrogen-bond donors (Lipinski definition) is 1. The van der Waals surface area contributed by atoms with Crippen molar-refractivity contribution in [2.45, 2.75) is 25.8 Å². The lowest BCUT2D eigenvalue weighted by atomic mass is 10.0. The monoisotopic (exact) mass is 281 g/mol. The first-order chi connectivity index (χ1) is 8.81. The molecule has 2 aromatic heterocycles. The third kappa shape index (κ3) is 1.86. The van der Waals surface area contributed by atoms with Gasteiger partial charge in [-0.3, -0.25) is 0 Å². The molecule has 0 aliphatic carbocycles. The molecule has 3 heterocycles. The number of fused-ring (bicyclic) bond motifs is 1. The molecule has 0 aromatic carbocycles. The maximum Gasteiger partial charge on any atom is 0.164 e. The molecule has 0 amide bonds. The van der Waals surface area contributed by atoms with E-state index in [1.165, 1.54) is 0 Å². The Hall–Kier alpha value is -1.70. The smallest absolute Gasteiger partial charge is 0.164 e. The highest BCUT2D eigenvalue weighted by Crippen LogP contribution is 2.33. The van der Waals surface area contributed by atoms with E-state index in [9.17, 15) is 8.42 Å². The number of aryl methyl sites for hydroxylation is 1. The SMILES string of the molecule is Cc1nc(N)c2cnn(C3(C)CCS(=O)(=O)C3)c2n1. The van der Waals surface area contributed by atoms with E-state index in [0.717, 1.165) is 0 Å². The Morgan fingerprint density at radius 1 is 1.42 bits per heavy atom. The zero-order valence-corrected chi connectivity index (χ0v) is 11.6.